The highest BCUT2D eigenvalue weighted by atomic mass is 35.5. The Morgan fingerprint density at radius 2 is 1.95 bits per heavy atom. The molecule has 0 aliphatic carbocycles. The Labute approximate surface area is 126 Å². The highest BCUT2D eigenvalue weighted by molar-refractivity contribution is 6.31. The summed E-state index contributed by atoms with van der Waals surface area (Å²) in [6.07, 6.45) is 3.13. The fourth-order valence-electron chi connectivity index (χ4n) is 1.94. The molecule has 0 bridgehead atoms. The summed E-state index contributed by atoms with van der Waals surface area (Å²) in [6, 6.07) is 12.1. The van der Waals surface area contributed by atoms with Gasteiger partial charge in [-0.15, -0.1) is 0 Å². The Hall–Kier alpha value is -2.40. The molecule has 1 heterocycles. The van der Waals surface area contributed by atoms with Gasteiger partial charge in [0, 0.05) is 17.3 Å². The summed E-state index contributed by atoms with van der Waals surface area (Å²) in [5, 5.41) is 7.72. The van der Waals surface area contributed by atoms with Crippen LogP contribution in [0.1, 0.15) is 5.56 Å². The van der Waals surface area contributed by atoms with Gasteiger partial charge >= 0.3 is 0 Å². The number of aromatic nitrogens is 3. The van der Waals surface area contributed by atoms with Gasteiger partial charge in [-0.1, -0.05) is 17.7 Å². The Kier molecular flexibility index (Phi) is 3.83. The lowest BCUT2D eigenvalue weighted by Gasteiger charge is -2.09. The monoisotopic (exact) mass is 302 g/mol. The third-order valence-electron chi connectivity index (χ3n) is 3.05. The van der Waals surface area contributed by atoms with Crippen molar-refractivity contribution in [3.8, 4) is 5.69 Å². The average molecular weight is 303 g/mol. The van der Waals surface area contributed by atoms with Crippen LogP contribution >= 0.6 is 11.6 Å². The number of halogens is 2. The van der Waals surface area contributed by atoms with Crippen LogP contribution < -0.4 is 5.32 Å². The molecule has 1 aromatic heterocycles. The maximum atomic E-state index is 13.0. The summed E-state index contributed by atoms with van der Waals surface area (Å²) in [4.78, 5) is 3.90. The van der Waals surface area contributed by atoms with Gasteiger partial charge in [0.05, 0.1) is 5.69 Å². The van der Waals surface area contributed by atoms with Crippen molar-refractivity contribution in [2.45, 2.75) is 6.54 Å². The largest absolute Gasteiger partial charge is 0.381 e. The molecule has 3 rings (SSSR count). The molecule has 106 valence electrons. The highest BCUT2D eigenvalue weighted by Gasteiger charge is 2.02. The van der Waals surface area contributed by atoms with Crippen LogP contribution in [0.3, 0.4) is 0 Å². The van der Waals surface area contributed by atoms with E-state index in [4.69, 9.17) is 11.6 Å². The highest BCUT2D eigenvalue weighted by Crippen LogP contribution is 2.19. The van der Waals surface area contributed by atoms with Crippen LogP contribution in [0.2, 0.25) is 5.02 Å². The normalized spacial score (nSPS) is 10.6. The molecule has 0 spiro atoms. The number of anilines is 1. The van der Waals surface area contributed by atoms with E-state index in [0.717, 1.165) is 16.9 Å². The molecular weight excluding hydrogens is 291 g/mol. The van der Waals surface area contributed by atoms with Gasteiger partial charge in [-0.2, -0.15) is 5.10 Å². The number of benzene rings is 2. The summed E-state index contributed by atoms with van der Waals surface area (Å²) in [5.41, 5.74) is 2.72. The van der Waals surface area contributed by atoms with E-state index < -0.39 is 0 Å². The predicted octanol–water partition coefficient (Wildman–Crippen LogP) is 3.67. The lowest BCUT2D eigenvalue weighted by Crippen LogP contribution is -2.01. The Morgan fingerprint density at radius 3 is 2.62 bits per heavy atom. The number of hydrogen-bond acceptors (Lipinski definition) is 3. The summed E-state index contributed by atoms with van der Waals surface area (Å²) >= 11 is 5.99. The maximum absolute atomic E-state index is 13.0. The summed E-state index contributed by atoms with van der Waals surface area (Å²) in [6.45, 7) is 0.530. The second kappa shape index (κ2) is 5.93. The van der Waals surface area contributed by atoms with E-state index in [1.807, 2.05) is 24.3 Å². The van der Waals surface area contributed by atoms with Crippen molar-refractivity contribution in [3.63, 3.8) is 0 Å². The van der Waals surface area contributed by atoms with E-state index in [-0.39, 0.29) is 5.82 Å². The molecule has 21 heavy (non-hydrogen) atoms. The molecular formula is C15H12ClFN4. The van der Waals surface area contributed by atoms with Crippen LogP contribution in [0.5, 0.6) is 0 Å². The first-order valence-corrected chi connectivity index (χ1v) is 6.73. The van der Waals surface area contributed by atoms with E-state index in [0.29, 0.717) is 11.6 Å². The molecule has 0 aliphatic heterocycles. The van der Waals surface area contributed by atoms with Gasteiger partial charge in [-0.3, -0.25) is 0 Å². The Balaban J connectivity index is 1.68. The zero-order chi connectivity index (χ0) is 14.7. The van der Waals surface area contributed by atoms with Crippen molar-refractivity contribution in [1.82, 2.24) is 14.8 Å². The lowest BCUT2D eigenvalue weighted by atomic mass is 10.2. The molecule has 0 amide bonds. The molecule has 0 saturated heterocycles. The van der Waals surface area contributed by atoms with E-state index >= 15 is 0 Å². The zero-order valence-corrected chi connectivity index (χ0v) is 11.8. The molecule has 0 aliphatic rings. The van der Waals surface area contributed by atoms with Crippen molar-refractivity contribution >= 4 is 17.3 Å². The topological polar surface area (TPSA) is 42.7 Å². The number of nitrogens with one attached hydrogen (secondary N) is 1. The zero-order valence-electron chi connectivity index (χ0n) is 11.0. The van der Waals surface area contributed by atoms with Crippen LogP contribution in [-0.4, -0.2) is 14.8 Å². The fraction of sp³-hybridized carbons (Fsp3) is 0.0667. The Bertz CT molecular complexity index is 726. The van der Waals surface area contributed by atoms with Gasteiger partial charge < -0.3 is 5.32 Å². The first-order chi connectivity index (χ1) is 10.2. The fourth-order valence-corrected chi connectivity index (χ4v) is 2.17. The van der Waals surface area contributed by atoms with Crippen molar-refractivity contribution in [2.24, 2.45) is 0 Å². The second-order valence-corrected chi connectivity index (χ2v) is 4.88. The van der Waals surface area contributed by atoms with Crippen molar-refractivity contribution in [2.75, 3.05) is 5.32 Å². The molecule has 0 fully saturated rings. The predicted molar refractivity (Wildman–Crippen MR) is 80.1 cm³/mol. The van der Waals surface area contributed by atoms with Gasteiger partial charge in [0.2, 0.25) is 0 Å². The van der Waals surface area contributed by atoms with Crippen LogP contribution in [0, 0.1) is 5.82 Å². The minimum Gasteiger partial charge on any atom is -0.381 e. The molecule has 3 aromatic rings. The average Bonchev–Trinajstić information content (AvgIpc) is 3.01. The lowest BCUT2D eigenvalue weighted by molar-refractivity contribution is 0.627. The van der Waals surface area contributed by atoms with Gasteiger partial charge in [-0.05, 0) is 42.0 Å². The van der Waals surface area contributed by atoms with Crippen molar-refractivity contribution < 1.29 is 4.39 Å². The number of rotatable bonds is 4. The molecule has 0 radical (unpaired) electrons. The third kappa shape index (κ3) is 3.20. The van der Waals surface area contributed by atoms with Crippen molar-refractivity contribution in [1.29, 1.82) is 0 Å². The van der Waals surface area contributed by atoms with Gasteiger partial charge in [0.25, 0.3) is 0 Å². The van der Waals surface area contributed by atoms with Crippen LogP contribution in [0.15, 0.2) is 55.1 Å². The van der Waals surface area contributed by atoms with Crippen LogP contribution in [-0.2, 0) is 6.54 Å². The SMILES string of the molecule is Fc1ccc(CNc2ccc(-n3cncn3)cc2)c(Cl)c1. The summed E-state index contributed by atoms with van der Waals surface area (Å²) in [5.74, 6) is -0.332. The molecule has 0 saturated carbocycles. The number of hydrogen-bond donors (Lipinski definition) is 1. The van der Waals surface area contributed by atoms with Gasteiger partial charge in [-0.25, -0.2) is 14.1 Å². The standard InChI is InChI=1S/C15H12ClFN4/c16-15-7-12(17)2-1-11(15)8-19-13-3-5-14(6-4-13)21-10-18-9-20-21/h1-7,9-10,19H,8H2. The van der Waals surface area contributed by atoms with E-state index in [9.17, 15) is 4.39 Å². The van der Waals surface area contributed by atoms with Crippen molar-refractivity contribution in [3.05, 3.63) is 71.5 Å². The second-order valence-electron chi connectivity index (χ2n) is 4.48. The van der Waals surface area contributed by atoms with Gasteiger partial charge in [0.1, 0.15) is 18.5 Å². The molecule has 1 N–H and O–H groups in total. The first kappa shape index (κ1) is 13.6. The molecule has 0 atom stereocenters. The van der Waals surface area contributed by atoms with E-state index in [1.165, 1.54) is 18.5 Å². The van der Waals surface area contributed by atoms with Gasteiger partial charge in [0.15, 0.2) is 0 Å². The van der Waals surface area contributed by atoms with E-state index in [2.05, 4.69) is 15.4 Å². The summed E-state index contributed by atoms with van der Waals surface area (Å²) < 4.78 is 14.7. The third-order valence-corrected chi connectivity index (χ3v) is 3.40. The molecule has 4 nitrogen and oxygen atoms in total. The molecule has 2 aromatic carbocycles. The first-order valence-electron chi connectivity index (χ1n) is 6.35. The quantitative estimate of drug-likeness (QED) is 0.799. The maximum Gasteiger partial charge on any atom is 0.138 e. The van der Waals surface area contributed by atoms with Crippen LogP contribution in [0.25, 0.3) is 5.69 Å². The van der Waals surface area contributed by atoms with Crippen LogP contribution in [0.4, 0.5) is 10.1 Å². The Morgan fingerprint density at radius 1 is 1.14 bits per heavy atom. The summed E-state index contributed by atoms with van der Waals surface area (Å²) in [7, 11) is 0. The minimum absolute atomic E-state index is 0.332. The smallest absolute Gasteiger partial charge is 0.138 e. The minimum atomic E-state index is -0.332. The number of nitrogens with zero attached hydrogens (tertiary/aromatic N) is 3. The molecule has 0 unspecified atom stereocenters. The molecule has 6 heteroatoms. The van der Waals surface area contributed by atoms with E-state index in [1.54, 1.807) is 17.1 Å².